The summed E-state index contributed by atoms with van der Waals surface area (Å²) in [6.07, 6.45) is 1.28. The molecule has 1 heterocycles. The summed E-state index contributed by atoms with van der Waals surface area (Å²) in [5.74, 6) is -1.49. The molecule has 1 amide bonds. The van der Waals surface area contributed by atoms with Crippen LogP contribution in [-0.4, -0.2) is 22.0 Å². The molecule has 0 aliphatic rings. The zero-order chi connectivity index (χ0) is 14.7. The summed E-state index contributed by atoms with van der Waals surface area (Å²) in [5, 5.41) is 11.8. The Labute approximate surface area is 127 Å². The summed E-state index contributed by atoms with van der Waals surface area (Å²) in [6.45, 7) is 0. The van der Waals surface area contributed by atoms with Crippen molar-refractivity contribution in [3.8, 4) is 0 Å². The van der Waals surface area contributed by atoms with Gasteiger partial charge in [-0.3, -0.25) is 4.79 Å². The zero-order valence-electron chi connectivity index (χ0n) is 9.93. The van der Waals surface area contributed by atoms with Gasteiger partial charge in [-0.05, 0) is 30.3 Å². The lowest BCUT2D eigenvalue weighted by molar-refractivity contribution is 0.0690. The molecule has 0 spiro atoms. The van der Waals surface area contributed by atoms with E-state index in [0.717, 1.165) is 0 Å². The van der Waals surface area contributed by atoms with Gasteiger partial charge in [0.2, 0.25) is 0 Å². The second-order valence-electron chi connectivity index (χ2n) is 3.85. The van der Waals surface area contributed by atoms with E-state index in [1.165, 1.54) is 24.4 Å². The van der Waals surface area contributed by atoms with E-state index in [0.29, 0.717) is 20.7 Å². The third-order valence-corrected chi connectivity index (χ3v) is 3.04. The Morgan fingerprint density at radius 3 is 2.55 bits per heavy atom. The Kier molecular flexibility index (Phi) is 4.36. The van der Waals surface area contributed by atoms with Gasteiger partial charge in [-0.2, -0.15) is 0 Å². The number of halogens is 2. The van der Waals surface area contributed by atoms with Crippen molar-refractivity contribution >= 4 is 45.1 Å². The molecule has 5 nitrogen and oxygen atoms in total. The topological polar surface area (TPSA) is 79.3 Å². The van der Waals surface area contributed by atoms with Gasteiger partial charge in [0, 0.05) is 15.1 Å². The van der Waals surface area contributed by atoms with Crippen molar-refractivity contribution in [1.29, 1.82) is 0 Å². The fourth-order valence-corrected chi connectivity index (χ4v) is 2.34. The monoisotopic (exact) mass is 354 g/mol. The first-order chi connectivity index (χ1) is 9.45. The number of anilines is 1. The highest BCUT2D eigenvalue weighted by molar-refractivity contribution is 9.10. The van der Waals surface area contributed by atoms with Crippen LogP contribution >= 0.6 is 27.5 Å². The van der Waals surface area contributed by atoms with Gasteiger partial charge >= 0.3 is 5.97 Å². The Morgan fingerprint density at radius 1 is 1.25 bits per heavy atom. The summed E-state index contributed by atoms with van der Waals surface area (Å²) in [4.78, 5) is 26.4. The van der Waals surface area contributed by atoms with Crippen LogP contribution in [0.1, 0.15) is 20.8 Å². The number of carbonyl (C=O) groups excluding carboxylic acids is 1. The molecule has 0 saturated heterocycles. The van der Waals surface area contributed by atoms with Crippen LogP contribution in [0.4, 0.5) is 5.69 Å². The van der Waals surface area contributed by atoms with Crippen LogP contribution in [0.15, 0.2) is 41.0 Å². The van der Waals surface area contributed by atoms with Crippen LogP contribution in [-0.2, 0) is 0 Å². The zero-order valence-corrected chi connectivity index (χ0v) is 12.3. The Balaban J connectivity index is 2.16. The highest BCUT2D eigenvalue weighted by Crippen LogP contribution is 2.20. The maximum absolute atomic E-state index is 12.0. The maximum atomic E-state index is 12.0. The molecule has 2 N–H and O–H groups in total. The van der Waals surface area contributed by atoms with Gasteiger partial charge in [0.25, 0.3) is 5.91 Å². The number of carbonyl (C=O) groups is 2. The number of hydrogen-bond donors (Lipinski definition) is 2. The van der Waals surface area contributed by atoms with Gasteiger partial charge in [0.15, 0.2) is 0 Å². The van der Waals surface area contributed by atoms with Crippen LogP contribution in [0.25, 0.3) is 0 Å². The van der Waals surface area contributed by atoms with Crippen LogP contribution in [0.3, 0.4) is 0 Å². The molecule has 0 fully saturated rings. The summed E-state index contributed by atoms with van der Waals surface area (Å²) >= 11 is 9.12. The number of amides is 1. The van der Waals surface area contributed by atoms with Gasteiger partial charge in [-0.1, -0.05) is 27.5 Å². The molecule has 1 aromatic heterocycles. The second-order valence-corrected chi connectivity index (χ2v) is 5.20. The quantitative estimate of drug-likeness (QED) is 0.884. The standard InChI is InChI=1S/C13H8BrClN2O3/c14-8-3-7(4-9(15)5-8)12(18)17-10-1-2-11(13(19)20)16-6-10/h1-6H,(H,17,18)(H,19,20). The third kappa shape index (κ3) is 3.55. The number of rotatable bonds is 3. The first-order valence-electron chi connectivity index (χ1n) is 5.42. The maximum Gasteiger partial charge on any atom is 0.354 e. The number of pyridine rings is 1. The van der Waals surface area contributed by atoms with Gasteiger partial charge in [0.05, 0.1) is 11.9 Å². The third-order valence-electron chi connectivity index (χ3n) is 2.37. The van der Waals surface area contributed by atoms with Crippen LogP contribution in [0.5, 0.6) is 0 Å². The van der Waals surface area contributed by atoms with Gasteiger partial charge in [-0.25, -0.2) is 9.78 Å². The molecule has 0 bridgehead atoms. The molecule has 2 aromatic rings. The van der Waals surface area contributed by atoms with Crippen molar-refractivity contribution < 1.29 is 14.7 Å². The molecule has 0 radical (unpaired) electrons. The minimum absolute atomic E-state index is 0.0894. The average Bonchev–Trinajstić information content (AvgIpc) is 2.38. The van der Waals surface area contributed by atoms with E-state index in [4.69, 9.17) is 16.7 Å². The lowest BCUT2D eigenvalue weighted by Crippen LogP contribution is -2.12. The molecule has 0 saturated carbocycles. The number of nitrogens with one attached hydrogen (secondary N) is 1. The fraction of sp³-hybridized carbons (Fsp3) is 0. The Morgan fingerprint density at radius 2 is 2.00 bits per heavy atom. The SMILES string of the molecule is O=C(Nc1ccc(C(=O)O)nc1)c1cc(Cl)cc(Br)c1. The van der Waals surface area contributed by atoms with Crippen LogP contribution in [0, 0.1) is 0 Å². The highest BCUT2D eigenvalue weighted by atomic mass is 79.9. The number of benzene rings is 1. The van der Waals surface area contributed by atoms with E-state index >= 15 is 0 Å². The molecule has 102 valence electrons. The summed E-state index contributed by atoms with van der Waals surface area (Å²) < 4.78 is 0.689. The molecule has 2 rings (SSSR count). The second kappa shape index (κ2) is 6.02. The van der Waals surface area contributed by atoms with Crippen molar-refractivity contribution in [2.75, 3.05) is 5.32 Å². The van der Waals surface area contributed by atoms with Crippen LogP contribution < -0.4 is 5.32 Å². The minimum Gasteiger partial charge on any atom is -0.477 e. The molecule has 0 atom stereocenters. The molecular formula is C13H8BrClN2O3. The predicted molar refractivity (Wildman–Crippen MR) is 78.3 cm³/mol. The van der Waals surface area contributed by atoms with Crippen molar-refractivity contribution in [2.45, 2.75) is 0 Å². The first-order valence-corrected chi connectivity index (χ1v) is 6.59. The van der Waals surface area contributed by atoms with Crippen LogP contribution in [0.2, 0.25) is 5.02 Å². The van der Waals surface area contributed by atoms with Gasteiger partial charge < -0.3 is 10.4 Å². The number of carboxylic acids is 1. The van der Waals surface area contributed by atoms with Crippen molar-refractivity contribution in [3.05, 3.63) is 57.3 Å². The lowest BCUT2D eigenvalue weighted by atomic mass is 10.2. The summed E-state index contributed by atoms with van der Waals surface area (Å²) in [5.41, 5.74) is 0.691. The lowest BCUT2D eigenvalue weighted by Gasteiger charge is -2.06. The molecule has 0 aliphatic carbocycles. The number of carboxylic acid groups (broad SMARTS) is 1. The average molecular weight is 356 g/mol. The van der Waals surface area contributed by atoms with Gasteiger partial charge in [0.1, 0.15) is 5.69 Å². The minimum atomic E-state index is -1.12. The fourth-order valence-electron chi connectivity index (χ4n) is 1.48. The van der Waals surface area contributed by atoms with E-state index in [1.54, 1.807) is 12.1 Å². The summed E-state index contributed by atoms with van der Waals surface area (Å²) in [7, 11) is 0. The molecule has 7 heteroatoms. The van der Waals surface area contributed by atoms with E-state index in [2.05, 4.69) is 26.2 Å². The molecule has 0 unspecified atom stereocenters. The molecule has 1 aromatic carbocycles. The van der Waals surface area contributed by atoms with Crippen molar-refractivity contribution in [2.24, 2.45) is 0 Å². The summed E-state index contributed by atoms with van der Waals surface area (Å²) in [6, 6.07) is 7.60. The number of aromatic nitrogens is 1. The van der Waals surface area contributed by atoms with E-state index in [9.17, 15) is 9.59 Å². The number of nitrogens with zero attached hydrogens (tertiary/aromatic N) is 1. The highest BCUT2D eigenvalue weighted by Gasteiger charge is 2.09. The largest absolute Gasteiger partial charge is 0.477 e. The number of aromatic carboxylic acids is 1. The van der Waals surface area contributed by atoms with Gasteiger partial charge in [-0.15, -0.1) is 0 Å². The van der Waals surface area contributed by atoms with Crippen molar-refractivity contribution in [1.82, 2.24) is 4.98 Å². The van der Waals surface area contributed by atoms with Crippen molar-refractivity contribution in [3.63, 3.8) is 0 Å². The first kappa shape index (κ1) is 14.5. The Bertz CT molecular complexity index is 654. The Hall–Kier alpha value is -1.92. The van der Waals surface area contributed by atoms with E-state index in [-0.39, 0.29) is 11.6 Å². The molecule has 0 aliphatic heterocycles. The smallest absolute Gasteiger partial charge is 0.354 e. The molecular weight excluding hydrogens is 348 g/mol. The van der Waals surface area contributed by atoms with E-state index < -0.39 is 5.97 Å². The molecule has 20 heavy (non-hydrogen) atoms. The normalized spacial score (nSPS) is 10.1. The number of hydrogen-bond acceptors (Lipinski definition) is 3. The van der Waals surface area contributed by atoms with E-state index in [1.807, 2.05) is 0 Å². The predicted octanol–water partition coefficient (Wildman–Crippen LogP) is 3.45.